The van der Waals surface area contributed by atoms with Gasteiger partial charge in [0.2, 0.25) is 0 Å². The van der Waals surface area contributed by atoms with Crippen LogP contribution in [0.25, 0.3) is 0 Å². The van der Waals surface area contributed by atoms with Crippen molar-refractivity contribution in [3.8, 4) is 0 Å². The fourth-order valence-electron chi connectivity index (χ4n) is 1.86. The summed E-state index contributed by atoms with van der Waals surface area (Å²) in [6.07, 6.45) is 11.2. The summed E-state index contributed by atoms with van der Waals surface area (Å²) in [5.74, 6) is -0.909. The Morgan fingerprint density at radius 2 is 1.27 bits per heavy atom. The van der Waals surface area contributed by atoms with E-state index < -0.39 is 5.97 Å². The number of carbonyl (C=O) groups excluding carboxylic acids is 1. The molecule has 0 aromatic carbocycles. The summed E-state index contributed by atoms with van der Waals surface area (Å²) < 4.78 is 0. The van der Waals surface area contributed by atoms with E-state index >= 15 is 0 Å². The molecule has 0 bridgehead atoms. The number of rotatable bonds is 14. The Kier molecular flexibility index (Phi) is 32.5. The van der Waals surface area contributed by atoms with E-state index in [-0.39, 0.29) is 49.2 Å². The number of aliphatic hydroxyl groups excluding tert-OH is 2. The van der Waals surface area contributed by atoms with Gasteiger partial charge in [-0.2, -0.15) is 0 Å². The second kappa shape index (κ2) is 26.3. The van der Waals surface area contributed by atoms with E-state index in [2.05, 4.69) is 12.2 Å². The number of nitrogens with one attached hydrogen (secondary N) is 1. The zero-order valence-corrected chi connectivity index (χ0v) is 16.6. The molecule has 0 fully saturated rings. The molecule has 0 aliphatic carbocycles. The van der Waals surface area contributed by atoms with Crippen LogP contribution in [0.15, 0.2) is 0 Å². The third kappa shape index (κ3) is 32.3. The molecule has 0 radical (unpaired) electrons. The van der Waals surface area contributed by atoms with Gasteiger partial charge in [0.15, 0.2) is 0 Å². The Morgan fingerprint density at radius 3 is 1.64 bits per heavy atom. The minimum Gasteiger partial charge on any atom is -0.550 e. The normalized spacial score (nSPS) is 9.59. The van der Waals surface area contributed by atoms with Crippen LogP contribution in [0.1, 0.15) is 71.1 Å². The van der Waals surface area contributed by atoms with Gasteiger partial charge in [0.05, 0.1) is 13.2 Å². The van der Waals surface area contributed by atoms with Crippen molar-refractivity contribution in [2.24, 2.45) is 0 Å². The van der Waals surface area contributed by atoms with Crippen molar-refractivity contribution in [3.05, 3.63) is 0 Å². The summed E-state index contributed by atoms with van der Waals surface area (Å²) in [5.41, 5.74) is 0. The van der Waals surface area contributed by atoms with Gasteiger partial charge >= 0.3 is 29.6 Å². The molecule has 0 aromatic rings. The summed E-state index contributed by atoms with van der Waals surface area (Å²) >= 11 is 0. The van der Waals surface area contributed by atoms with Crippen LogP contribution in [0.4, 0.5) is 0 Å². The summed E-state index contributed by atoms with van der Waals surface area (Å²) in [6.45, 7) is 3.64. The number of aliphatic carboxylic acids is 1. The van der Waals surface area contributed by atoms with E-state index in [1.54, 1.807) is 0 Å². The number of carboxylic acid groups (broad SMARTS) is 1. The van der Waals surface area contributed by atoms with Crippen molar-refractivity contribution in [2.45, 2.75) is 71.1 Å². The molecule has 0 aliphatic rings. The maximum Gasteiger partial charge on any atom is 1.00 e. The van der Waals surface area contributed by atoms with Gasteiger partial charge in [-0.1, -0.05) is 58.3 Å². The largest absolute Gasteiger partial charge is 1.00 e. The number of hydrogen-bond acceptors (Lipinski definition) is 5. The zero-order valence-electron chi connectivity index (χ0n) is 14.6. The van der Waals surface area contributed by atoms with Crippen LogP contribution < -0.4 is 40.0 Å². The molecule has 0 amide bonds. The first kappa shape index (κ1) is 27.2. The van der Waals surface area contributed by atoms with Crippen molar-refractivity contribution >= 4 is 5.97 Å². The number of unbranched alkanes of at least 4 members (excludes halogenated alkanes) is 8. The molecule has 6 heteroatoms. The number of carbonyl (C=O) groups is 1. The SMILES string of the molecule is CCCCCCCCCCCC(=O)[O-].OCCNCCO.[Na+]. The van der Waals surface area contributed by atoms with Gasteiger partial charge < -0.3 is 25.4 Å². The fraction of sp³-hybridized carbons (Fsp3) is 0.938. The van der Waals surface area contributed by atoms with Crippen LogP contribution >= 0.6 is 0 Å². The molecule has 3 N–H and O–H groups in total. The number of aliphatic hydroxyl groups is 2. The molecule has 22 heavy (non-hydrogen) atoms. The first-order chi connectivity index (χ1) is 10.2. The van der Waals surface area contributed by atoms with Crippen LogP contribution in [-0.2, 0) is 4.79 Å². The van der Waals surface area contributed by atoms with Crippen molar-refractivity contribution in [1.29, 1.82) is 0 Å². The van der Waals surface area contributed by atoms with Crippen molar-refractivity contribution in [3.63, 3.8) is 0 Å². The van der Waals surface area contributed by atoms with Crippen LogP contribution in [-0.4, -0.2) is 42.5 Å². The summed E-state index contributed by atoms with van der Waals surface area (Å²) in [7, 11) is 0. The van der Waals surface area contributed by atoms with Crippen LogP contribution in [0.3, 0.4) is 0 Å². The van der Waals surface area contributed by atoms with Gasteiger partial charge in [0.1, 0.15) is 0 Å². The molecule has 128 valence electrons. The van der Waals surface area contributed by atoms with Gasteiger partial charge in [-0.05, 0) is 12.8 Å². The van der Waals surface area contributed by atoms with Crippen LogP contribution in [0.2, 0.25) is 0 Å². The molecule has 0 aromatic heterocycles. The predicted octanol–water partition coefficient (Wildman–Crippen LogP) is -1.78. The summed E-state index contributed by atoms with van der Waals surface area (Å²) in [6, 6.07) is 0. The predicted molar refractivity (Wildman–Crippen MR) is 83.9 cm³/mol. The minimum atomic E-state index is -0.909. The molecule has 0 aliphatic heterocycles. The quantitative estimate of drug-likeness (QED) is 0.259. The van der Waals surface area contributed by atoms with Crippen molar-refractivity contribution in [1.82, 2.24) is 5.32 Å². The third-order valence-electron chi connectivity index (χ3n) is 3.06. The third-order valence-corrected chi connectivity index (χ3v) is 3.06. The monoisotopic (exact) mass is 327 g/mol. The Bertz CT molecular complexity index is 203. The fourth-order valence-corrected chi connectivity index (χ4v) is 1.86. The molecule has 0 heterocycles. The maximum absolute atomic E-state index is 10.1. The van der Waals surface area contributed by atoms with E-state index in [4.69, 9.17) is 10.2 Å². The first-order valence-electron chi connectivity index (χ1n) is 8.31. The van der Waals surface area contributed by atoms with Gasteiger partial charge in [-0.3, -0.25) is 0 Å². The van der Waals surface area contributed by atoms with E-state index in [0.717, 1.165) is 12.8 Å². The average molecular weight is 327 g/mol. The molecule has 5 nitrogen and oxygen atoms in total. The van der Waals surface area contributed by atoms with E-state index in [1.807, 2.05) is 0 Å². The summed E-state index contributed by atoms with van der Waals surface area (Å²) in [5, 5.41) is 29.2. The van der Waals surface area contributed by atoms with Crippen molar-refractivity contribution < 1.29 is 49.7 Å². The molecule has 0 rings (SSSR count). The Labute approximate surface area is 158 Å². The maximum atomic E-state index is 10.1. The van der Waals surface area contributed by atoms with Crippen LogP contribution in [0, 0.1) is 0 Å². The van der Waals surface area contributed by atoms with E-state index in [1.165, 1.54) is 44.9 Å². The van der Waals surface area contributed by atoms with Crippen LogP contribution in [0.5, 0.6) is 0 Å². The molecule has 0 saturated heterocycles. The zero-order chi connectivity index (χ0) is 16.2. The van der Waals surface area contributed by atoms with Crippen molar-refractivity contribution in [2.75, 3.05) is 26.3 Å². The second-order valence-corrected chi connectivity index (χ2v) is 5.15. The molecule has 0 spiro atoms. The Hall–Kier alpha value is 0.350. The van der Waals surface area contributed by atoms with Gasteiger partial charge in [-0.25, -0.2) is 0 Å². The average Bonchev–Trinajstić information content (AvgIpc) is 2.46. The Morgan fingerprint density at radius 1 is 0.864 bits per heavy atom. The standard InChI is InChI=1S/C12H24O2.C4H11NO2.Na/c1-2-3-4-5-6-7-8-9-10-11-12(13)14;6-3-1-5-2-4-7;/h2-11H2,1H3,(H,13,14);5-7H,1-4H2;/q;;+1/p-1. The molecule has 0 atom stereocenters. The van der Waals surface area contributed by atoms with Gasteiger partial charge in [0, 0.05) is 19.1 Å². The Balaban J connectivity index is -0.000000385. The first-order valence-corrected chi connectivity index (χ1v) is 8.31. The topological polar surface area (TPSA) is 92.6 Å². The molecule has 0 unspecified atom stereocenters. The number of hydrogen-bond donors (Lipinski definition) is 3. The van der Waals surface area contributed by atoms with Gasteiger partial charge in [0.25, 0.3) is 0 Å². The second-order valence-electron chi connectivity index (χ2n) is 5.15. The smallest absolute Gasteiger partial charge is 0.550 e. The minimum absolute atomic E-state index is 0. The van der Waals surface area contributed by atoms with E-state index in [9.17, 15) is 9.90 Å². The molecular weight excluding hydrogens is 293 g/mol. The molecule has 0 saturated carbocycles. The van der Waals surface area contributed by atoms with E-state index in [0.29, 0.717) is 13.1 Å². The number of carboxylic acids is 1. The van der Waals surface area contributed by atoms with Gasteiger partial charge in [-0.15, -0.1) is 0 Å². The molecular formula is C16H34NNaO4. The summed E-state index contributed by atoms with van der Waals surface area (Å²) in [4.78, 5) is 10.1.